The Labute approximate surface area is 127 Å². The highest BCUT2D eigenvalue weighted by Crippen LogP contribution is 2.29. The molecule has 1 aromatic rings. The van der Waals surface area contributed by atoms with Gasteiger partial charge in [-0.2, -0.15) is 0 Å². The Kier molecular flexibility index (Phi) is 4.98. The van der Waals surface area contributed by atoms with Gasteiger partial charge in [0, 0.05) is 23.7 Å². The van der Waals surface area contributed by atoms with Crippen LogP contribution in [0.5, 0.6) is 5.75 Å². The normalized spacial score (nSPS) is 17.5. The number of carboxylic acid groups (broad SMARTS) is 1. The van der Waals surface area contributed by atoms with Crippen LogP contribution < -0.4 is 15.4 Å². The molecule has 0 aliphatic carbocycles. The minimum Gasteiger partial charge on any atom is -0.489 e. The summed E-state index contributed by atoms with van der Waals surface area (Å²) in [6, 6.07) is 5.21. The fraction of sp³-hybridized carbons (Fsp3) is 0.333. The number of rotatable bonds is 5. The van der Waals surface area contributed by atoms with Gasteiger partial charge in [0.2, 0.25) is 5.91 Å². The number of carbonyl (C=O) groups is 2. The first-order chi connectivity index (χ1) is 10.5. The van der Waals surface area contributed by atoms with Crippen molar-refractivity contribution < 1.29 is 23.8 Å². The minimum atomic E-state index is -1.22. The van der Waals surface area contributed by atoms with Gasteiger partial charge in [0.15, 0.2) is 0 Å². The summed E-state index contributed by atoms with van der Waals surface area (Å²) in [6.07, 6.45) is -0.278. The van der Waals surface area contributed by atoms with Crippen LogP contribution in [-0.4, -0.2) is 30.3 Å². The van der Waals surface area contributed by atoms with Crippen molar-refractivity contribution in [1.29, 1.82) is 0 Å². The second-order valence-electron chi connectivity index (χ2n) is 5.13. The van der Waals surface area contributed by atoms with Crippen LogP contribution in [0.25, 0.3) is 0 Å². The number of ether oxygens (including phenoxy) is 1. The van der Waals surface area contributed by atoms with Gasteiger partial charge in [0.1, 0.15) is 12.4 Å². The van der Waals surface area contributed by atoms with Gasteiger partial charge in [-0.1, -0.05) is 6.92 Å². The summed E-state index contributed by atoms with van der Waals surface area (Å²) in [4.78, 5) is 22.0. The van der Waals surface area contributed by atoms with Crippen LogP contribution in [0.4, 0.5) is 14.9 Å². The summed E-state index contributed by atoms with van der Waals surface area (Å²) in [5, 5.41) is 13.4. The quantitative estimate of drug-likeness (QED) is 0.779. The number of benzene rings is 1. The number of anilines is 1. The lowest BCUT2D eigenvalue weighted by Gasteiger charge is -2.22. The number of hydrogen-bond donors (Lipinski definition) is 3. The Balaban J connectivity index is 1.98. The summed E-state index contributed by atoms with van der Waals surface area (Å²) in [5.74, 6) is 0.421. The van der Waals surface area contributed by atoms with Crippen molar-refractivity contribution in [1.82, 2.24) is 5.32 Å². The Hall–Kier alpha value is -2.57. The van der Waals surface area contributed by atoms with Crippen molar-refractivity contribution in [2.24, 2.45) is 5.92 Å². The molecule has 0 radical (unpaired) electrons. The zero-order valence-corrected chi connectivity index (χ0v) is 12.1. The molecule has 1 aliphatic rings. The van der Waals surface area contributed by atoms with Crippen LogP contribution in [-0.2, 0) is 11.2 Å². The van der Waals surface area contributed by atoms with Crippen LogP contribution in [0.15, 0.2) is 30.1 Å². The Morgan fingerprint density at radius 3 is 3.05 bits per heavy atom. The van der Waals surface area contributed by atoms with Gasteiger partial charge in [-0.05, 0) is 30.2 Å². The minimum absolute atomic E-state index is 0.0106. The molecule has 7 heteroatoms. The lowest BCUT2D eigenvalue weighted by molar-refractivity contribution is -0.119. The summed E-state index contributed by atoms with van der Waals surface area (Å²) in [7, 11) is 0. The molecule has 0 saturated carbocycles. The van der Waals surface area contributed by atoms with Crippen LogP contribution >= 0.6 is 0 Å². The Morgan fingerprint density at radius 2 is 2.36 bits per heavy atom. The van der Waals surface area contributed by atoms with Gasteiger partial charge in [-0.3, -0.25) is 4.79 Å². The molecule has 22 heavy (non-hydrogen) atoms. The third kappa shape index (κ3) is 3.97. The van der Waals surface area contributed by atoms with E-state index in [4.69, 9.17) is 9.84 Å². The molecule has 2 rings (SSSR count). The monoisotopic (exact) mass is 308 g/mol. The molecule has 2 amide bonds. The van der Waals surface area contributed by atoms with E-state index in [0.717, 1.165) is 11.3 Å². The molecule has 1 heterocycles. The van der Waals surface area contributed by atoms with Crippen LogP contribution in [0.1, 0.15) is 12.5 Å². The summed E-state index contributed by atoms with van der Waals surface area (Å²) in [5.41, 5.74) is 1.89. The predicted molar refractivity (Wildman–Crippen MR) is 78.7 cm³/mol. The van der Waals surface area contributed by atoms with Gasteiger partial charge in [-0.15, -0.1) is 0 Å². The lowest BCUT2D eigenvalue weighted by atomic mass is 9.95. The van der Waals surface area contributed by atoms with Gasteiger partial charge >= 0.3 is 6.09 Å². The highest BCUT2D eigenvalue weighted by molar-refractivity contribution is 5.95. The topological polar surface area (TPSA) is 87.7 Å². The first-order valence-electron chi connectivity index (χ1n) is 6.81. The maximum atomic E-state index is 12.7. The molecule has 1 atom stereocenters. The molecular formula is C15H17FN2O4. The second-order valence-corrected chi connectivity index (χ2v) is 5.13. The van der Waals surface area contributed by atoms with Crippen molar-refractivity contribution in [2.45, 2.75) is 13.3 Å². The number of amides is 2. The van der Waals surface area contributed by atoms with E-state index >= 15 is 0 Å². The van der Waals surface area contributed by atoms with Crippen molar-refractivity contribution in [3.05, 3.63) is 35.7 Å². The predicted octanol–water partition coefficient (Wildman–Crippen LogP) is 2.32. The van der Waals surface area contributed by atoms with Gasteiger partial charge in [-0.25, -0.2) is 9.18 Å². The lowest BCUT2D eigenvalue weighted by Crippen LogP contribution is -2.27. The summed E-state index contributed by atoms with van der Waals surface area (Å²) < 4.78 is 18.1. The Morgan fingerprint density at radius 1 is 1.59 bits per heavy atom. The van der Waals surface area contributed by atoms with E-state index < -0.39 is 6.09 Å². The molecular weight excluding hydrogens is 291 g/mol. The molecule has 0 fully saturated rings. The number of fused-ring (bicyclic) bond motifs is 1. The standard InChI is InChI=1S/C15H17FN2O4/c1-9-4-11-5-12(2-3-13(11)18-14(9)19)22-8-10(6-16)7-17-15(20)21/h2-3,5-6,9,17H,4,7-8H2,1H3,(H,18,19)(H,20,21)/b10-6+. The molecule has 6 nitrogen and oxygen atoms in total. The fourth-order valence-corrected chi connectivity index (χ4v) is 2.12. The summed E-state index contributed by atoms with van der Waals surface area (Å²) >= 11 is 0. The SMILES string of the molecule is CC1Cc2cc(OC/C(=C/F)CNC(=O)O)ccc2NC1=O. The zero-order valence-electron chi connectivity index (χ0n) is 12.1. The Bertz CT molecular complexity index is 616. The third-order valence-corrected chi connectivity index (χ3v) is 3.35. The molecule has 1 unspecified atom stereocenters. The van der Waals surface area contributed by atoms with E-state index in [0.29, 0.717) is 18.5 Å². The van der Waals surface area contributed by atoms with E-state index in [-0.39, 0.29) is 30.5 Å². The van der Waals surface area contributed by atoms with E-state index in [2.05, 4.69) is 10.6 Å². The maximum absolute atomic E-state index is 12.7. The highest BCUT2D eigenvalue weighted by Gasteiger charge is 2.22. The number of carbonyl (C=O) groups excluding carboxylic acids is 1. The van der Waals surface area contributed by atoms with Crippen molar-refractivity contribution >= 4 is 17.7 Å². The second kappa shape index (κ2) is 6.93. The van der Waals surface area contributed by atoms with E-state index in [1.54, 1.807) is 18.2 Å². The zero-order chi connectivity index (χ0) is 16.1. The number of hydrogen-bond acceptors (Lipinski definition) is 3. The van der Waals surface area contributed by atoms with Crippen molar-refractivity contribution in [3.63, 3.8) is 0 Å². The smallest absolute Gasteiger partial charge is 0.404 e. The van der Waals surface area contributed by atoms with Crippen molar-refractivity contribution in [3.8, 4) is 5.75 Å². The van der Waals surface area contributed by atoms with Gasteiger partial charge in [0.05, 0.1) is 6.33 Å². The van der Waals surface area contributed by atoms with E-state index in [1.165, 1.54) is 0 Å². The molecule has 0 bridgehead atoms. The van der Waals surface area contributed by atoms with Gasteiger partial charge < -0.3 is 20.5 Å². The number of halogens is 1. The largest absolute Gasteiger partial charge is 0.489 e. The first-order valence-corrected chi connectivity index (χ1v) is 6.81. The van der Waals surface area contributed by atoms with Crippen molar-refractivity contribution in [2.75, 3.05) is 18.5 Å². The van der Waals surface area contributed by atoms with Crippen LogP contribution in [0.2, 0.25) is 0 Å². The first kappa shape index (κ1) is 15.8. The van der Waals surface area contributed by atoms with Gasteiger partial charge in [0.25, 0.3) is 0 Å². The van der Waals surface area contributed by atoms with E-state index in [9.17, 15) is 14.0 Å². The molecule has 0 aromatic heterocycles. The molecule has 1 aliphatic heterocycles. The molecule has 118 valence electrons. The molecule has 1 aromatic carbocycles. The summed E-state index contributed by atoms with van der Waals surface area (Å²) in [6.45, 7) is 1.65. The van der Waals surface area contributed by atoms with E-state index in [1.807, 2.05) is 6.92 Å². The van der Waals surface area contributed by atoms with Crippen LogP contribution in [0.3, 0.4) is 0 Å². The molecule has 0 spiro atoms. The molecule has 0 saturated heterocycles. The fourth-order valence-electron chi connectivity index (χ4n) is 2.12. The average Bonchev–Trinajstić information content (AvgIpc) is 2.48. The van der Waals surface area contributed by atoms with Crippen LogP contribution in [0, 0.1) is 5.92 Å². The number of nitrogens with one attached hydrogen (secondary N) is 2. The maximum Gasteiger partial charge on any atom is 0.404 e. The highest BCUT2D eigenvalue weighted by atomic mass is 19.1. The average molecular weight is 308 g/mol. The third-order valence-electron chi connectivity index (χ3n) is 3.35. The molecule has 3 N–H and O–H groups in total.